The van der Waals surface area contributed by atoms with Gasteiger partial charge < -0.3 is 15.0 Å². The molecule has 170 valence electrons. The fraction of sp³-hybridized carbons (Fsp3) is 0.435. The van der Waals surface area contributed by atoms with Gasteiger partial charge in [0.15, 0.2) is 11.4 Å². The summed E-state index contributed by atoms with van der Waals surface area (Å²) in [6.07, 6.45) is 3.55. The third-order valence-electron chi connectivity index (χ3n) is 5.92. The molecule has 0 radical (unpaired) electrons. The molecule has 8 nitrogen and oxygen atoms in total. The SMILES string of the molecule is CC(C)CC1N2CCCCN2C(=O)c2c(O)c(=O)c(C(=O)NCc3ccc(F)cc3)cn21. The van der Waals surface area contributed by atoms with Crippen LogP contribution in [0.5, 0.6) is 5.75 Å². The Kier molecular flexibility index (Phi) is 6.01. The van der Waals surface area contributed by atoms with Crippen molar-refractivity contribution >= 4 is 11.8 Å². The van der Waals surface area contributed by atoms with Gasteiger partial charge in [0.05, 0.1) is 0 Å². The van der Waals surface area contributed by atoms with E-state index in [9.17, 15) is 23.9 Å². The largest absolute Gasteiger partial charge is 0.503 e. The van der Waals surface area contributed by atoms with Crippen LogP contribution in [0.25, 0.3) is 0 Å². The number of hydrogen-bond donors (Lipinski definition) is 2. The normalized spacial score (nSPS) is 18.4. The standard InChI is InChI=1S/C23H27FN4O4/c1-14(2)11-18-26-13-17(22(31)25-12-15-5-7-16(24)8-6-15)20(29)21(30)19(26)23(32)28-10-4-3-9-27(18)28/h5-8,13-14,18,30H,3-4,9-12H2,1-2H3,(H,25,31). The van der Waals surface area contributed by atoms with Crippen LogP contribution < -0.4 is 10.7 Å². The van der Waals surface area contributed by atoms with E-state index in [1.165, 1.54) is 30.5 Å². The first-order valence-electron chi connectivity index (χ1n) is 10.9. The van der Waals surface area contributed by atoms with Gasteiger partial charge >= 0.3 is 0 Å². The Bertz CT molecular complexity index is 1100. The fourth-order valence-corrected chi connectivity index (χ4v) is 4.34. The molecule has 2 aliphatic rings. The van der Waals surface area contributed by atoms with Gasteiger partial charge in [-0.3, -0.25) is 19.4 Å². The lowest BCUT2D eigenvalue weighted by Gasteiger charge is -2.48. The fourth-order valence-electron chi connectivity index (χ4n) is 4.34. The highest BCUT2D eigenvalue weighted by molar-refractivity contribution is 5.98. The van der Waals surface area contributed by atoms with Crippen LogP contribution in [0.15, 0.2) is 35.3 Å². The summed E-state index contributed by atoms with van der Waals surface area (Å²) in [4.78, 5) is 38.7. The minimum absolute atomic E-state index is 0.0751. The number of carbonyl (C=O) groups excluding carboxylic acids is 2. The van der Waals surface area contributed by atoms with Crippen molar-refractivity contribution < 1.29 is 19.1 Å². The Morgan fingerprint density at radius 1 is 1.19 bits per heavy atom. The minimum atomic E-state index is -0.880. The van der Waals surface area contributed by atoms with Crippen LogP contribution in [0.2, 0.25) is 0 Å². The minimum Gasteiger partial charge on any atom is -0.503 e. The summed E-state index contributed by atoms with van der Waals surface area (Å²) in [7, 11) is 0. The van der Waals surface area contributed by atoms with Gasteiger partial charge in [0.1, 0.15) is 17.5 Å². The molecular formula is C23H27FN4O4. The molecule has 0 aliphatic carbocycles. The molecule has 0 bridgehead atoms. The van der Waals surface area contributed by atoms with E-state index in [4.69, 9.17) is 0 Å². The molecular weight excluding hydrogens is 415 g/mol. The number of aromatic hydroxyl groups is 1. The summed E-state index contributed by atoms with van der Waals surface area (Å²) in [6.45, 7) is 5.42. The third-order valence-corrected chi connectivity index (χ3v) is 5.92. The average Bonchev–Trinajstić information content (AvgIpc) is 2.77. The third kappa shape index (κ3) is 4.00. The number of hydrazine groups is 1. The predicted molar refractivity (Wildman–Crippen MR) is 115 cm³/mol. The van der Waals surface area contributed by atoms with Gasteiger partial charge in [-0.2, -0.15) is 5.01 Å². The van der Waals surface area contributed by atoms with Crippen LogP contribution in [-0.2, 0) is 6.54 Å². The van der Waals surface area contributed by atoms with Crippen LogP contribution in [0.4, 0.5) is 4.39 Å². The Morgan fingerprint density at radius 3 is 2.56 bits per heavy atom. The first-order chi connectivity index (χ1) is 15.3. The van der Waals surface area contributed by atoms with Gasteiger partial charge in [-0.25, -0.2) is 4.39 Å². The number of halogens is 1. The number of nitrogens with one attached hydrogen (secondary N) is 1. The number of fused-ring (bicyclic) bond motifs is 2. The van der Waals surface area contributed by atoms with Gasteiger partial charge in [-0.1, -0.05) is 26.0 Å². The van der Waals surface area contributed by atoms with Crippen LogP contribution in [0.3, 0.4) is 0 Å². The number of benzene rings is 1. The number of pyridine rings is 1. The number of carbonyl (C=O) groups is 2. The molecule has 9 heteroatoms. The molecule has 1 aromatic carbocycles. The van der Waals surface area contributed by atoms with E-state index in [2.05, 4.69) is 19.2 Å². The van der Waals surface area contributed by atoms with E-state index < -0.39 is 23.0 Å². The maximum Gasteiger partial charge on any atom is 0.288 e. The second-order valence-corrected chi connectivity index (χ2v) is 8.69. The van der Waals surface area contributed by atoms with Gasteiger partial charge in [-0.05, 0) is 42.9 Å². The van der Waals surface area contributed by atoms with Crippen LogP contribution in [0.1, 0.15) is 65.7 Å². The van der Waals surface area contributed by atoms with Crippen LogP contribution in [-0.4, -0.2) is 44.6 Å². The van der Waals surface area contributed by atoms with Crippen molar-refractivity contribution in [2.75, 3.05) is 13.1 Å². The monoisotopic (exact) mass is 442 g/mol. The quantitative estimate of drug-likeness (QED) is 0.742. The highest BCUT2D eigenvalue weighted by Gasteiger charge is 2.41. The molecule has 0 spiro atoms. The summed E-state index contributed by atoms with van der Waals surface area (Å²) >= 11 is 0. The lowest BCUT2D eigenvalue weighted by atomic mass is 10.0. The lowest BCUT2D eigenvalue weighted by molar-refractivity contribution is -0.0993. The zero-order valence-electron chi connectivity index (χ0n) is 18.2. The van der Waals surface area contributed by atoms with Gasteiger partial charge in [0.2, 0.25) is 5.43 Å². The Hall–Kier alpha value is -3.20. The Labute approximate surface area is 185 Å². The van der Waals surface area contributed by atoms with E-state index in [1.54, 1.807) is 9.58 Å². The molecule has 2 aromatic rings. The number of amides is 2. The topological polar surface area (TPSA) is 94.9 Å². The van der Waals surface area contributed by atoms with E-state index >= 15 is 0 Å². The molecule has 2 amide bonds. The molecule has 1 saturated heterocycles. The van der Waals surface area contributed by atoms with Gasteiger partial charge in [-0.15, -0.1) is 0 Å². The Balaban J connectivity index is 1.71. The molecule has 32 heavy (non-hydrogen) atoms. The summed E-state index contributed by atoms with van der Waals surface area (Å²) in [5.74, 6) is -1.91. The molecule has 1 atom stereocenters. The molecule has 1 aromatic heterocycles. The highest BCUT2D eigenvalue weighted by Crippen LogP contribution is 2.35. The number of aromatic nitrogens is 1. The average molecular weight is 442 g/mol. The summed E-state index contributed by atoms with van der Waals surface area (Å²) in [5, 5.41) is 16.9. The molecule has 1 fully saturated rings. The zero-order chi connectivity index (χ0) is 23.0. The van der Waals surface area contributed by atoms with E-state index in [1.807, 2.05) is 5.01 Å². The molecule has 0 saturated carbocycles. The molecule has 2 N–H and O–H groups in total. The summed E-state index contributed by atoms with van der Waals surface area (Å²) < 4.78 is 14.7. The second-order valence-electron chi connectivity index (χ2n) is 8.69. The van der Waals surface area contributed by atoms with Crippen molar-refractivity contribution in [2.45, 2.75) is 45.8 Å². The van der Waals surface area contributed by atoms with E-state index in [-0.39, 0.29) is 35.7 Å². The van der Waals surface area contributed by atoms with Crippen molar-refractivity contribution in [2.24, 2.45) is 5.92 Å². The molecule has 2 aliphatic heterocycles. The van der Waals surface area contributed by atoms with Crippen molar-refractivity contribution in [3.05, 3.63) is 63.3 Å². The van der Waals surface area contributed by atoms with Crippen LogP contribution in [0, 0.1) is 11.7 Å². The number of hydrogen-bond acceptors (Lipinski definition) is 5. The first kappa shape index (κ1) is 22.0. The van der Waals surface area contributed by atoms with E-state index in [0.29, 0.717) is 25.1 Å². The Morgan fingerprint density at radius 2 is 1.88 bits per heavy atom. The summed E-state index contributed by atoms with van der Waals surface area (Å²) in [5.41, 5.74) is -0.525. The van der Waals surface area contributed by atoms with Gasteiger partial charge in [0.25, 0.3) is 11.8 Å². The van der Waals surface area contributed by atoms with E-state index in [0.717, 1.165) is 12.8 Å². The summed E-state index contributed by atoms with van der Waals surface area (Å²) in [6, 6.07) is 5.64. The first-order valence-corrected chi connectivity index (χ1v) is 10.9. The molecule has 1 unspecified atom stereocenters. The van der Waals surface area contributed by atoms with Crippen molar-refractivity contribution in [3.8, 4) is 5.75 Å². The second kappa shape index (κ2) is 8.74. The molecule has 4 rings (SSSR count). The van der Waals surface area contributed by atoms with Crippen molar-refractivity contribution in [1.82, 2.24) is 19.9 Å². The maximum absolute atomic E-state index is 13.1. The predicted octanol–water partition coefficient (Wildman–Crippen LogP) is 2.63. The molecule has 3 heterocycles. The van der Waals surface area contributed by atoms with Crippen molar-refractivity contribution in [1.29, 1.82) is 0 Å². The van der Waals surface area contributed by atoms with Crippen LogP contribution >= 0.6 is 0 Å². The maximum atomic E-state index is 13.1. The van der Waals surface area contributed by atoms with Crippen molar-refractivity contribution in [3.63, 3.8) is 0 Å². The number of rotatable bonds is 5. The smallest absolute Gasteiger partial charge is 0.288 e. The lowest BCUT2D eigenvalue weighted by Crippen LogP contribution is -2.58. The number of nitrogens with zero attached hydrogens (tertiary/aromatic N) is 3. The van der Waals surface area contributed by atoms with Gasteiger partial charge in [0, 0.05) is 25.8 Å². The zero-order valence-corrected chi connectivity index (χ0v) is 18.2. The highest BCUT2D eigenvalue weighted by atomic mass is 19.1.